The third-order valence-corrected chi connectivity index (χ3v) is 3.61. The molecule has 1 saturated heterocycles. The van der Waals surface area contributed by atoms with Gasteiger partial charge in [0, 0.05) is 23.2 Å². The maximum absolute atomic E-state index is 13.4. The van der Waals surface area contributed by atoms with Crippen LogP contribution in [0.2, 0.25) is 5.02 Å². The summed E-state index contributed by atoms with van der Waals surface area (Å²) in [5, 5.41) is 18.7. The first kappa shape index (κ1) is 14.1. The second-order valence-corrected chi connectivity index (χ2v) is 5.20. The van der Waals surface area contributed by atoms with Gasteiger partial charge in [-0.1, -0.05) is 11.6 Å². The van der Waals surface area contributed by atoms with E-state index in [0.29, 0.717) is 12.1 Å². The molecule has 0 aliphatic carbocycles. The molecule has 1 aliphatic heterocycles. The van der Waals surface area contributed by atoms with E-state index in [9.17, 15) is 14.3 Å². The van der Waals surface area contributed by atoms with Gasteiger partial charge in [-0.05, 0) is 31.5 Å². The van der Waals surface area contributed by atoms with Gasteiger partial charge in [0.15, 0.2) is 11.6 Å². The first-order valence-corrected chi connectivity index (χ1v) is 6.48. The summed E-state index contributed by atoms with van der Waals surface area (Å²) in [5.74, 6) is -2.01. The molecule has 0 bridgehead atoms. The Morgan fingerprint density at radius 2 is 2.26 bits per heavy atom. The highest BCUT2D eigenvalue weighted by molar-refractivity contribution is 6.30. The zero-order valence-electron chi connectivity index (χ0n) is 10.3. The smallest absolute Gasteiger partial charge is 0.304 e. The number of carbonyl (C=O) groups is 1. The molecule has 6 heteroatoms. The number of benzene rings is 1. The number of carboxylic acids is 1. The van der Waals surface area contributed by atoms with Crippen LogP contribution in [0, 0.1) is 5.82 Å². The molecular formula is C13H15ClFNO3. The largest absolute Gasteiger partial charge is 0.505 e. The number of nitrogens with zero attached hydrogens (tertiary/aromatic N) is 1. The lowest BCUT2D eigenvalue weighted by Crippen LogP contribution is -2.30. The number of likely N-dealkylation sites (tertiary alicyclic amines) is 1. The first-order valence-electron chi connectivity index (χ1n) is 6.10. The van der Waals surface area contributed by atoms with Gasteiger partial charge in [0.1, 0.15) is 0 Å². The molecule has 0 aromatic heterocycles. The highest BCUT2D eigenvalue weighted by Gasteiger charge is 2.27. The minimum absolute atomic E-state index is 0.0593. The lowest BCUT2D eigenvalue weighted by atomic mass is 10.1. The summed E-state index contributed by atoms with van der Waals surface area (Å²) in [6, 6.07) is 2.49. The molecule has 1 aromatic rings. The van der Waals surface area contributed by atoms with Gasteiger partial charge in [-0.15, -0.1) is 0 Å². The van der Waals surface area contributed by atoms with Crippen LogP contribution < -0.4 is 0 Å². The number of aromatic hydroxyl groups is 1. The van der Waals surface area contributed by atoms with Crippen LogP contribution in [-0.4, -0.2) is 33.7 Å². The van der Waals surface area contributed by atoms with Gasteiger partial charge in [-0.3, -0.25) is 9.69 Å². The molecule has 19 heavy (non-hydrogen) atoms. The molecule has 2 rings (SSSR count). The lowest BCUT2D eigenvalue weighted by Gasteiger charge is -2.23. The van der Waals surface area contributed by atoms with Crippen molar-refractivity contribution in [3.8, 4) is 5.75 Å². The molecule has 1 fully saturated rings. The Bertz CT molecular complexity index is 495. The highest BCUT2D eigenvalue weighted by Crippen LogP contribution is 2.30. The summed E-state index contributed by atoms with van der Waals surface area (Å²) in [5.41, 5.74) is 0.391. The van der Waals surface area contributed by atoms with E-state index in [1.807, 2.05) is 4.90 Å². The Labute approximate surface area is 115 Å². The van der Waals surface area contributed by atoms with E-state index in [1.54, 1.807) is 0 Å². The Balaban J connectivity index is 2.14. The van der Waals surface area contributed by atoms with Crippen LogP contribution in [0.4, 0.5) is 4.39 Å². The molecule has 1 atom stereocenters. The van der Waals surface area contributed by atoms with E-state index in [2.05, 4.69) is 0 Å². The first-order chi connectivity index (χ1) is 8.97. The SMILES string of the molecule is O=C(O)CC1CCCN1Cc1cc(Cl)cc(F)c1O. The third-order valence-electron chi connectivity index (χ3n) is 3.39. The predicted octanol–water partition coefficient (Wildman–Crippen LogP) is 2.62. The van der Waals surface area contributed by atoms with Crippen molar-refractivity contribution >= 4 is 17.6 Å². The quantitative estimate of drug-likeness (QED) is 0.894. The standard InChI is InChI=1S/C13H15ClFNO3/c14-9-4-8(13(19)11(15)5-9)7-16-3-1-2-10(16)6-12(17)18/h4-5,10,19H,1-3,6-7H2,(H,17,18). The second kappa shape index (κ2) is 5.75. The monoisotopic (exact) mass is 287 g/mol. The number of phenols is 1. The lowest BCUT2D eigenvalue weighted by molar-refractivity contribution is -0.138. The Morgan fingerprint density at radius 1 is 1.53 bits per heavy atom. The number of hydrogen-bond acceptors (Lipinski definition) is 3. The summed E-state index contributed by atoms with van der Waals surface area (Å²) in [7, 11) is 0. The fourth-order valence-electron chi connectivity index (χ4n) is 2.49. The Kier molecular flexibility index (Phi) is 4.27. The van der Waals surface area contributed by atoms with Gasteiger partial charge in [0.25, 0.3) is 0 Å². The van der Waals surface area contributed by atoms with E-state index >= 15 is 0 Å². The number of halogens is 2. The van der Waals surface area contributed by atoms with Crippen molar-refractivity contribution < 1.29 is 19.4 Å². The van der Waals surface area contributed by atoms with Gasteiger partial charge in [-0.25, -0.2) is 4.39 Å². The molecule has 0 saturated carbocycles. The number of phenolic OH excluding ortho intramolecular Hbond substituents is 1. The van der Waals surface area contributed by atoms with Crippen LogP contribution in [-0.2, 0) is 11.3 Å². The average Bonchev–Trinajstić information content (AvgIpc) is 2.72. The fourth-order valence-corrected chi connectivity index (χ4v) is 2.72. The zero-order chi connectivity index (χ0) is 14.0. The van der Waals surface area contributed by atoms with E-state index in [1.165, 1.54) is 6.07 Å². The molecule has 0 radical (unpaired) electrons. The molecule has 0 amide bonds. The van der Waals surface area contributed by atoms with Crippen molar-refractivity contribution in [1.82, 2.24) is 4.90 Å². The van der Waals surface area contributed by atoms with Crippen molar-refractivity contribution in [2.24, 2.45) is 0 Å². The summed E-state index contributed by atoms with van der Waals surface area (Å²) in [6.07, 6.45) is 1.77. The van der Waals surface area contributed by atoms with Gasteiger partial charge in [-0.2, -0.15) is 0 Å². The van der Waals surface area contributed by atoms with Crippen molar-refractivity contribution in [2.45, 2.75) is 31.8 Å². The summed E-state index contributed by atoms with van der Waals surface area (Å²) in [4.78, 5) is 12.7. The maximum Gasteiger partial charge on any atom is 0.304 e. The molecule has 2 N–H and O–H groups in total. The predicted molar refractivity (Wildman–Crippen MR) is 68.8 cm³/mol. The molecule has 1 heterocycles. The third kappa shape index (κ3) is 3.36. The van der Waals surface area contributed by atoms with Crippen LogP contribution in [0.1, 0.15) is 24.8 Å². The summed E-state index contributed by atoms with van der Waals surface area (Å²) >= 11 is 5.76. The van der Waals surface area contributed by atoms with Gasteiger partial charge in [0.2, 0.25) is 0 Å². The average molecular weight is 288 g/mol. The van der Waals surface area contributed by atoms with E-state index in [4.69, 9.17) is 16.7 Å². The van der Waals surface area contributed by atoms with Crippen LogP contribution in [0.15, 0.2) is 12.1 Å². The van der Waals surface area contributed by atoms with Crippen LogP contribution in [0.3, 0.4) is 0 Å². The fraction of sp³-hybridized carbons (Fsp3) is 0.462. The van der Waals surface area contributed by atoms with Gasteiger partial charge < -0.3 is 10.2 Å². The van der Waals surface area contributed by atoms with Crippen LogP contribution >= 0.6 is 11.6 Å². The van der Waals surface area contributed by atoms with E-state index in [-0.39, 0.29) is 17.5 Å². The molecule has 1 aliphatic rings. The van der Waals surface area contributed by atoms with Crippen molar-refractivity contribution in [1.29, 1.82) is 0 Å². The Morgan fingerprint density at radius 3 is 2.95 bits per heavy atom. The highest BCUT2D eigenvalue weighted by atomic mass is 35.5. The topological polar surface area (TPSA) is 60.8 Å². The molecular weight excluding hydrogens is 273 g/mol. The van der Waals surface area contributed by atoms with Gasteiger partial charge >= 0.3 is 5.97 Å². The normalized spacial score (nSPS) is 19.8. The number of hydrogen-bond donors (Lipinski definition) is 2. The van der Waals surface area contributed by atoms with Crippen LogP contribution in [0.25, 0.3) is 0 Å². The molecule has 1 aromatic carbocycles. The number of carboxylic acid groups (broad SMARTS) is 1. The van der Waals surface area contributed by atoms with E-state index in [0.717, 1.165) is 25.5 Å². The Hall–Kier alpha value is -1.33. The summed E-state index contributed by atoms with van der Waals surface area (Å²) in [6.45, 7) is 1.05. The van der Waals surface area contributed by atoms with Crippen LogP contribution in [0.5, 0.6) is 5.75 Å². The molecule has 104 valence electrons. The van der Waals surface area contributed by atoms with Crippen molar-refractivity contribution in [3.05, 3.63) is 28.5 Å². The van der Waals surface area contributed by atoms with Crippen molar-refractivity contribution in [3.63, 3.8) is 0 Å². The number of aliphatic carboxylic acids is 1. The van der Waals surface area contributed by atoms with E-state index < -0.39 is 17.5 Å². The van der Waals surface area contributed by atoms with Gasteiger partial charge in [0.05, 0.1) is 6.42 Å². The zero-order valence-corrected chi connectivity index (χ0v) is 11.0. The maximum atomic E-state index is 13.4. The molecule has 0 spiro atoms. The second-order valence-electron chi connectivity index (χ2n) is 4.76. The minimum atomic E-state index is -0.849. The summed E-state index contributed by atoms with van der Waals surface area (Å²) < 4.78 is 13.4. The van der Waals surface area contributed by atoms with Crippen molar-refractivity contribution in [2.75, 3.05) is 6.54 Å². The minimum Gasteiger partial charge on any atom is -0.505 e. The number of rotatable bonds is 4. The molecule has 1 unspecified atom stereocenters. The molecule has 4 nitrogen and oxygen atoms in total.